The van der Waals surface area contributed by atoms with E-state index in [4.69, 9.17) is 9.15 Å². The van der Waals surface area contributed by atoms with Gasteiger partial charge in [0.2, 0.25) is 0 Å². The first-order chi connectivity index (χ1) is 7.31. The second-order valence-electron chi connectivity index (χ2n) is 2.63. The van der Waals surface area contributed by atoms with Crippen molar-refractivity contribution >= 4 is 17.3 Å². The topological polar surface area (TPSA) is 65.2 Å². The van der Waals surface area contributed by atoms with E-state index in [1.54, 1.807) is 12.3 Å². The largest absolute Gasteiger partial charge is 0.461 e. The fraction of sp³-hybridized carbons (Fsp3) is 0.222. The Labute approximate surface area is 89.7 Å². The minimum absolute atomic E-state index is 0.305. The Morgan fingerprint density at radius 3 is 3.20 bits per heavy atom. The average Bonchev–Trinajstić information content (AvgIpc) is 2.89. The van der Waals surface area contributed by atoms with Gasteiger partial charge >= 0.3 is 5.97 Å². The fourth-order valence-electron chi connectivity index (χ4n) is 1.01. The van der Waals surface area contributed by atoms with Gasteiger partial charge < -0.3 is 9.15 Å². The third kappa shape index (κ3) is 2.04. The van der Waals surface area contributed by atoms with Crippen LogP contribution in [-0.2, 0) is 4.74 Å². The van der Waals surface area contributed by atoms with Gasteiger partial charge in [0.25, 0.3) is 0 Å². The summed E-state index contributed by atoms with van der Waals surface area (Å²) in [5.41, 5.74) is 0.926. The molecule has 0 atom stereocenters. The van der Waals surface area contributed by atoms with Gasteiger partial charge in [-0.2, -0.15) is 0 Å². The first-order valence-electron chi connectivity index (χ1n) is 4.32. The number of carbonyl (C=O) groups excluding carboxylic acids is 1. The highest BCUT2D eigenvalue weighted by atomic mass is 32.1. The summed E-state index contributed by atoms with van der Waals surface area (Å²) in [5, 5.41) is 2.29. The molecule has 0 aliphatic rings. The highest BCUT2D eigenvalue weighted by molar-refractivity contribution is 7.13. The molecule has 15 heavy (non-hydrogen) atoms. The predicted octanol–water partition coefficient (Wildman–Crippen LogP) is 1.97. The maximum atomic E-state index is 11.3. The van der Waals surface area contributed by atoms with Crippen molar-refractivity contribution in [1.29, 1.82) is 0 Å². The summed E-state index contributed by atoms with van der Waals surface area (Å²) in [6, 6.07) is 0. The van der Waals surface area contributed by atoms with E-state index in [-0.39, 0.29) is 0 Å². The van der Waals surface area contributed by atoms with Crippen LogP contribution in [0.3, 0.4) is 0 Å². The monoisotopic (exact) mass is 224 g/mol. The molecule has 2 heterocycles. The Balaban J connectivity index is 2.21. The number of oxazole rings is 1. The molecule has 0 amide bonds. The molecule has 0 aliphatic carbocycles. The second-order valence-corrected chi connectivity index (χ2v) is 3.49. The lowest BCUT2D eigenvalue weighted by atomic mass is 10.5. The zero-order chi connectivity index (χ0) is 10.7. The summed E-state index contributed by atoms with van der Waals surface area (Å²) in [7, 11) is 0. The van der Waals surface area contributed by atoms with Crippen LogP contribution in [0, 0.1) is 0 Å². The number of aromatic nitrogens is 2. The Kier molecular flexibility index (Phi) is 2.77. The van der Waals surface area contributed by atoms with E-state index in [0.717, 1.165) is 0 Å². The van der Waals surface area contributed by atoms with E-state index < -0.39 is 5.97 Å². The third-order valence-electron chi connectivity index (χ3n) is 1.64. The van der Waals surface area contributed by atoms with Gasteiger partial charge in [-0.1, -0.05) is 0 Å². The minimum Gasteiger partial charge on any atom is -0.461 e. The lowest BCUT2D eigenvalue weighted by Crippen LogP contribution is -2.04. The molecule has 0 saturated carbocycles. The molecule has 0 aromatic carbocycles. The summed E-state index contributed by atoms with van der Waals surface area (Å²) in [6.07, 6.45) is 2.80. The molecular weight excluding hydrogens is 216 g/mol. The van der Waals surface area contributed by atoms with Crippen LogP contribution in [0.15, 0.2) is 22.5 Å². The normalized spacial score (nSPS) is 10.2. The van der Waals surface area contributed by atoms with Crippen molar-refractivity contribution in [3.05, 3.63) is 23.7 Å². The van der Waals surface area contributed by atoms with E-state index in [2.05, 4.69) is 9.97 Å². The summed E-state index contributed by atoms with van der Waals surface area (Å²) in [6.45, 7) is 2.10. The molecule has 0 saturated heterocycles. The number of thiazole rings is 1. The quantitative estimate of drug-likeness (QED) is 0.746. The van der Waals surface area contributed by atoms with Gasteiger partial charge in [-0.3, -0.25) is 0 Å². The van der Waals surface area contributed by atoms with E-state index in [0.29, 0.717) is 23.0 Å². The molecule has 0 N–H and O–H groups in total. The summed E-state index contributed by atoms with van der Waals surface area (Å²) in [5.74, 6) is -0.413. The van der Waals surface area contributed by atoms with E-state index >= 15 is 0 Å². The van der Waals surface area contributed by atoms with Crippen LogP contribution in [-0.4, -0.2) is 22.5 Å². The van der Waals surface area contributed by atoms with Crippen molar-refractivity contribution in [1.82, 2.24) is 9.97 Å². The fourth-order valence-corrected chi connectivity index (χ4v) is 1.75. The maximum Gasteiger partial charge on any atom is 0.357 e. The molecule has 6 heteroatoms. The van der Waals surface area contributed by atoms with Crippen LogP contribution >= 0.6 is 11.3 Å². The van der Waals surface area contributed by atoms with Crippen molar-refractivity contribution in [3.63, 3.8) is 0 Å². The van der Waals surface area contributed by atoms with Gasteiger partial charge in [0.15, 0.2) is 12.1 Å². The standard InChI is InChI=1S/C9H8N2O3S/c1-2-14-9(12)7-4-15-8(11-7)6-3-13-5-10-6/h3-5H,2H2,1H3. The first kappa shape index (κ1) is 9.85. The van der Waals surface area contributed by atoms with Crippen molar-refractivity contribution in [2.45, 2.75) is 6.92 Å². The number of ether oxygens (including phenoxy) is 1. The van der Waals surface area contributed by atoms with E-state index in [1.807, 2.05) is 0 Å². The Morgan fingerprint density at radius 2 is 2.53 bits per heavy atom. The average molecular weight is 224 g/mol. The molecule has 0 radical (unpaired) electrons. The molecule has 78 valence electrons. The number of hydrogen-bond acceptors (Lipinski definition) is 6. The molecule has 0 bridgehead atoms. The van der Waals surface area contributed by atoms with Crippen LogP contribution in [0.4, 0.5) is 0 Å². The van der Waals surface area contributed by atoms with Crippen molar-refractivity contribution in [2.24, 2.45) is 0 Å². The number of hydrogen-bond donors (Lipinski definition) is 0. The Bertz CT molecular complexity index is 450. The van der Waals surface area contributed by atoms with Gasteiger partial charge in [0.1, 0.15) is 17.0 Å². The smallest absolute Gasteiger partial charge is 0.357 e. The molecule has 2 aromatic rings. The number of nitrogens with zero attached hydrogens (tertiary/aromatic N) is 2. The molecule has 2 aromatic heterocycles. The van der Waals surface area contributed by atoms with Crippen LogP contribution in [0.1, 0.15) is 17.4 Å². The lowest BCUT2D eigenvalue weighted by molar-refractivity contribution is 0.0520. The van der Waals surface area contributed by atoms with Crippen molar-refractivity contribution < 1.29 is 13.9 Å². The van der Waals surface area contributed by atoms with Gasteiger partial charge in [0.05, 0.1) is 6.61 Å². The number of rotatable bonds is 3. The first-order valence-corrected chi connectivity index (χ1v) is 5.20. The van der Waals surface area contributed by atoms with Crippen LogP contribution in [0.2, 0.25) is 0 Å². The molecule has 0 spiro atoms. The SMILES string of the molecule is CCOC(=O)c1csc(-c2cocn2)n1. The minimum atomic E-state index is -0.413. The molecule has 0 aliphatic heterocycles. The van der Waals surface area contributed by atoms with Crippen LogP contribution < -0.4 is 0 Å². The Morgan fingerprint density at radius 1 is 1.67 bits per heavy atom. The molecule has 5 nitrogen and oxygen atoms in total. The van der Waals surface area contributed by atoms with Gasteiger partial charge in [-0.25, -0.2) is 14.8 Å². The molecule has 0 fully saturated rings. The maximum absolute atomic E-state index is 11.3. The number of esters is 1. The van der Waals surface area contributed by atoms with Crippen LogP contribution in [0.5, 0.6) is 0 Å². The second kappa shape index (κ2) is 4.22. The van der Waals surface area contributed by atoms with Crippen molar-refractivity contribution in [2.75, 3.05) is 6.61 Å². The predicted molar refractivity (Wildman–Crippen MR) is 53.6 cm³/mol. The Hall–Kier alpha value is -1.69. The highest BCUT2D eigenvalue weighted by Gasteiger charge is 2.13. The molecule has 0 unspecified atom stereocenters. The summed E-state index contributed by atoms with van der Waals surface area (Å²) >= 11 is 1.33. The summed E-state index contributed by atoms with van der Waals surface area (Å²) < 4.78 is 9.65. The number of carbonyl (C=O) groups is 1. The van der Waals surface area contributed by atoms with Crippen LogP contribution in [0.25, 0.3) is 10.7 Å². The zero-order valence-corrected chi connectivity index (χ0v) is 8.78. The zero-order valence-electron chi connectivity index (χ0n) is 7.97. The van der Waals surface area contributed by atoms with E-state index in [9.17, 15) is 4.79 Å². The van der Waals surface area contributed by atoms with Gasteiger partial charge in [-0.15, -0.1) is 11.3 Å². The molecular formula is C9H8N2O3S. The summed E-state index contributed by atoms with van der Waals surface area (Å²) in [4.78, 5) is 19.3. The van der Waals surface area contributed by atoms with Gasteiger partial charge in [-0.05, 0) is 6.92 Å². The third-order valence-corrected chi connectivity index (χ3v) is 2.50. The lowest BCUT2D eigenvalue weighted by Gasteiger charge is -1.95. The highest BCUT2D eigenvalue weighted by Crippen LogP contribution is 2.21. The van der Waals surface area contributed by atoms with E-state index in [1.165, 1.54) is 24.0 Å². The van der Waals surface area contributed by atoms with Crippen molar-refractivity contribution in [3.8, 4) is 10.7 Å². The van der Waals surface area contributed by atoms with Gasteiger partial charge in [0, 0.05) is 5.38 Å². The molecule has 2 rings (SSSR count).